The highest BCUT2D eigenvalue weighted by Gasteiger charge is 2.19. The first kappa shape index (κ1) is 17.1. The molecule has 0 saturated heterocycles. The molecule has 0 fully saturated rings. The molecule has 2 aromatic heterocycles. The fourth-order valence-corrected chi connectivity index (χ4v) is 2.92. The summed E-state index contributed by atoms with van der Waals surface area (Å²) in [7, 11) is 0. The zero-order valence-electron chi connectivity index (χ0n) is 14.6. The second-order valence-corrected chi connectivity index (χ2v) is 6.13. The minimum absolute atomic E-state index is 0.0542. The summed E-state index contributed by atoms with van der Waals surface area (Å²) in [6.45, 7) is 5.37. The molecule has 0 bridgehead atoms. The predicted octanol–water partition coefficient (Wildman–Crippen LogP) is 1.99. The van der Waals surface area contributed by atoms with Crippen LogP contribution in [0, 0.1) is 13.8 Å². The molecule has 6 nitrogen and oxygen atoms in total. The maximum Gasteiger partial charge on any atom is 0.257 e. The summed E-state index contributed by atoms with van der Waals surface area (Å²) in [5, 5.41) is 4.41. The van der Waals surface area contributed by atoms with Gasteiger partial charge < -0.3 is 10.6 Å². The molecule has 25 heavy (non-hydrogen) atoms. The fourth-order valence-electron chi connectivity index (χ4n) is 2.92. The van der Waals surface area contributed by atoms with E-state index in [0.717, 1.165) is 23.5 Å². The van der Waals surface area contributed by atoms with E-state index in [1.807, 2.05) is 38.1 Å². The second kappa shape index (κ2) is 7.44. The van der Waals surface area contributed by atoms with Gasteiger partial charge in [0, 0.05) is 31.9 Å². The number of aryl methyl sites for hydroxylation is 2. The average molecular weight is 337 g/mol. The molecule has 0 unspecified atom stereocenters. The third-order valence-electron chi connectivity index (χ3n) is 4.28. The zero-order chi connectivity index (χ0) is 17.8. The van der Waals surface area contributed by atoms with Crippen molar-refractivity contribution < 1.29 is 4.79 Å². The Bertz CT molecular complexity index is 872. The van der Waals surface area contributed by atoms with Crippen molar-refractivity contribution in [1.82, 2.24) is 19.5 Å². The number of rotatable bonds is 6. The average Bonchev–Trinajstić information content (AvgIpc) is 3.01. The summed E-state index contributed by atoms with van der Waals surface area (Å²) in [4.78, 5) is 19.2. The fraction of sp³-hybridized carbons (Fsp3) is 0.316. The summed E-state index contributed by atoms with van der Waals surface area (Å²) in [6, 6.07) is 12.0. The number of amides is 1. The molecule has 2 N–H and O–H groups in total. The molecule has 6 heteroatoms. The van der Waals surface area contributed by atoms with Crippen LogP contribution in [0.15, 0.2) is 42.6 Å². The maximum absolute atomic E-state index is 13.0. The Labute approximate surface area is 147 Å². The van der Waals surface area contributed by atoms with Crippen molar-refractivity contribution in [3.63, 3.8) is 0 Å². The van der Waals surface area contributed by atoms with Crippen molar-refractivity contribution in [2.45, 2.75) is 20.3 Å². The van der Waals surface area contributed by atoms with E-state index < -0.39 is 0 Å². The minimum atomic E-state index is -0.0542. The van der Waals surface area contributed by atoms with E-state index >= 15 is 0 Å². The standard InChI is InChI=1S/C19H23N5O/c1-14-12-18-21-13-17(15(2)24(18)22-14)19(25)23(11-9-20)10-8-16-6-4-3-5-7-16/h3-7,12-13H,8-11,20H2,1-2H3. The van der Waals surface area contributed by atoms with Gasteiger partial charge in [0.05, 0.1) is 17.0 Å². The molecule has 130 valence electrons. The highest BCUT2D eigenvalue weighted by atomic mass is 16.2. The quantitative estimate of drug-likeness (QED) is 0.746. The number of carbonyl (C=O) groups is 1. The van der Waals surface area contributed by atoms with E-state index in [1.165, 1.54) is 5.56 Å². The molecular formula is C19H23N5O. The number of hydrogen-bond acceptors (Lipinski definition) is 4. The van der Waals surface area contributed by atoms with E-state index in [2.05, 4.69) is 22.2 Å². The van der Waals surface area contributed by atoms with E-state index in [9.17, 15) is 4.79 Å². The van der Waals surface area contributed by atoms with Crippen LogP contribution in [0.4, 0.5) is 0 Å². The SMILES string of the molecule is Cc1cc2ncc(C(=O)N(CCN)CCc3ccccc3)c(C)n2n1. The molecule has 1 amide bonds. The lowest BCUT2D eigenvalue weighted by atomic mass is 10.1. The number of benzene rings is 1. The molecule has 0 saturated carbocycles. The first-order valence-corrected chi connectivity index (χ1v) is 8.45. The van der Waals surface area contributed by atoms with Crippen molar-refractivity contribution in [2.75, 3.05) is 19.6 Å². The van der Waals surface area contributed by atoms with Crippen LogP contribution < -0.4 is 5.73 Å². The largest absolute Gasteiger partial charge is 0.337 e. The number of nitrogens with zero attached hydrogens (tertiary/aromatic N) is 4. The van der Waals surface area contributed by atoms with Crippen LogP contribution >= 0.6 is 0 Å². The van der Waals surface area contributed by atoms with Gasteiger partial charge in [0.2, 0.25) is 0 Å². The lowest BCUT2D eigenvalue weighted by Crippen LogP contribution is -2.37. The van der Waals surface area contributed by atoms with Gasteiger partial charge in [0.25, 0.3) is 5.91 Å². The molecule has 1 aromatic carbocycles. The number of carbonyl (C=O) groups excluding carboxylic acids is 1. The zero-order valence-corrected chi connectivity index (χ0v) is 14.6. The molecule has 0 radical (unpaired) electrons. The van der Waals surface area contributed by atoms with E-state index in [4.69, 9.17) is 5.73 Å². The van der Waals surface area contributed by atoms with E-state index in [-0.39, 0.29) is 5.91 Å². The van der Waals surface area contributed by atoms with Crippen molar-refractivity contribution in [3.05, 3.63) is 65.1 Å². The molecule has 0 spiro atoms. The van der Waals surface area contributed by atoms with Crippen LogP contribution in [0.3, 0.4) is 0 Å². The van der Waals surface area contributed by atoms with Gasteiger partial charge in [-0.1, -0.05) is 30.3 Å². The van der Waals surface area contributed by atoms with Crippen molar-refractivity contribution in [3.8, 4) is 0 Å². The van der Waals surface area contributed by atoms with Gasteiger partial charge in [-0.15, -0.1) is 0 Å². The Morgan fingerprint density at radius 3 is 2.68 bits per heavy atom. The molecule has 0 atom stereocenters. The van der Waals surface area contributed by atoms with Crippen molar-refractivity contribution >= 4 is 11.6 Å². The van der Waals surface area contributed by atoms with Gasteiger partial charge in [-0.05, 0) is 25.8 Å². The van der Waals surface area contributed by atoms with Gasteiger partial charge in [-0.25, -0.2) is 9.50 Å². The second-order valence-electron chi connectivity index (χ2n) is 6.13. The lowest BCUT2D eigenvalue weighted by molar-refractivity contribution is 0.0760. The highest BCUT2D eigenvalue weighted by Crippen LogP contribution is 2.14. The summed E-state index contributed by atoms with van der Waals surface area (Å²) >= 11 is 0. The number of aromatic nitrogens is 3. The van der Waals surface area contributed by atoms with Gasteiger partial charge in [-0.2, -0.15) is 5.10 Å². The smallest absolute Gasteiger partial charge is 0.257 e. The third-order valence-corrected chi connectivity index (χ3v) is 4.28. The van der Waals surface area contributed by atoms with E-state index in [1.54, 1.807) is 15.6 Å². The first-order valence-electron chi connectivity index (χ1n) is 8.45. The Hall–Kier alpha value is -2.73. The number of fused-ring (bicyclic) bond motifs is 1. The molecule has 0 aliphatic carbocycles. The normalized spacial score (nSPS) is 11.0. The predicted molar refractivity (Wildman–Crippen MR) is 97.6 cm³/mol. The first-order chi connectivity index (χ1) is 12.1. The maximum atomic E-state index is 13.0. The monoisotopic (exact) mass is 337 g/mol. The topological polar surface area (TPSA) is 76.5 Å². The van der Waals surface area contributed by atoms with Crippen LogP contribution in [-0.4, -0.2) is 45.0 Å². The van der Waals surface area contributed by atoms with E-state index in [0.29, 0.717) is 25.2 Å². The summed E-state index contributed by atoms with van der Waals surface area (Å²) < 4.78 is 1.72. The van der Waals surface area contributed by atoms with Crippen LogP contribution in [0.2, 0.25) is 0 Å². The van der Waals surface area contributed by atoms with Crippen LogP contribution in [0.1, 0.15) is 27.3 Å². The minimum Gasteiger partial charge on any atom is -0.337 e. The number of nitrogens with two attached hydrogens (primary N) is 1. The highest BCUT2D eigenvalue weighted by molar-refractivity contribution is 5.95. The van der Waals surface area contributed by atoms with Crippen LogP contribution in [0.25, 0.3) is 5.65 Å². The molecule has 0 aliphatic rings. The Kier molecular flexibility index (Phi) is 5.09. The lowest BCUT2D eigenvalue weighted by Gasteiger charge is -2.23. The van der Waals surface area contributed by atoms with Gasteiger partial charge in [0.1, 0.15) is 0 Å². The molecule has 3 aromatic rings. The van der Waals surface area contributed by atoms with Gasteiger partial charge >= 0.3 is 0 Å². The molecule has 0 aliphatic heterocycles. The van der Waals surface area contributed by atoms with Crippen LogP contribution in [0.5, 0.6) is 0 Å². The third kappa shape index (κ3) is 3.69. The molecule has 3 rings (SSSR count). The van der Waals surface area contributed by atoms with Gasteiger partial charge in [-0.3, -0.25) is 4.79 Å². The molecule has 2 heterocycles. The Morgan fingerprint density at radius 1 is 1.20 bits per heavy atom. The number of hydrogen-bond donors (Lipinski definition) is 1. The van der Waals surface area contributed by atoms with Gasteiger partial charge in [0.15, 0.2) is 5.65 Å². The Balaban J connectivity index is 1.83. The summed E-state index contributed by atoms with van der Waals surface area (Å²) in [6.07, 6.45) is 2.43. The van der Waals surface area contributed by atoms with Crippen molar-refractivity contribution in [2.24, 2.45) is 5.73 Å². The molecular weight excluding hydrogens is 314 g/mol. The summed E-state index contributed by atoms with van der Waals surface area (Å²) in [5.41, 5.74) is 9.91. The summed E-state index contributed by atoms with van der Waals surface area (Å²) in [5.74, 6) is -0.0542. The Morgan fingerprint density at radius 2 is 1.96 bits per heavy atom. The van der Waals surface area contributed by atoms with Crippen molar-refractivity contribution in [1.29, 1.82) is 0 Å². The van der Waals surface area contributed by atoms with Crippen LogP contribution in [-0.2, 0) is 6.42 Å².